The van der Waals surface area contributed by atoms with Gasteiger partial charge in [-0.1, -0.05) is 18.2 Å². The fraction of sp³-hybridized carbons (Fsp3) is 0.417. The van der Waals surface area contributed by atoms with Gasteiger partial charge in [-0.2, -0.15) is 13.1 Å². The summed E-state index contributed by atoms with van der Waals surface area (Å²) in [6.45, 7) is 0.383. The van der Waals surface area contributed by atoms with Gasteiger partial charge in [0.25, 0.3) is 0 Å². The van der Waals surface area contributed by atoms with Crippen LogP contribution in [0.2, 0.25) is 0 Å². The van der Waals surface area contributed by atoms with E-state index in [1.807, 2.05) is 12.1 Å². The maximum absolute atomic E-state index is 12.2. The summed E-state index contributed by atoms with van der Waals surface area (Å²) in [7, 11) is -3.66. The molecule has 1 aromatic rings. The molecule has 0 spiro atoms. The van der Waals surface area contributed by atoms with E-state index >= 15 is 0 Å². The summed E-state index contributed by atoms with van der Waals surface area (Å²) in [6.07, 6.45) is 0.718. The van der Waals surface area contributed by atoms with E-state index in [0.717, 1.165) is 5.56 Å². The Bertz CT molecular complexity index is 602. The van der Waals surface area contributed by atoms with Gasteiger partial charge < -0.3 is 10.8 Å². The number of nitrogens with zero attached hydrogens (tertiary/aromatic N) is 1. The summed E-state index contributed by atoms with van der Waals surface area (Å²) in [6, 6.07) is 6.24. The summed E-state index contributed by atoms with van der Waals surface area (Å²) in [4.78, 5) is 10.6. The monoisotopic (exact) mass is 299 g/mol. The Morgan fingerprint density at radius 3 is 2.85 bits per heavy atom. The summed E-state index contributed by atoms with van der Waals surface area (Å²) in [5.41, 5.74) is 6.98. The van der Waals surface area contributed by atoms with Crippen LogP contribution in [0.15, 0.2) is 24.3 Å². The molecule has 1 aliphatic rings. The van der Waals surface area contributed by atoms with Crippen LogP contribution in [0.4, 0.5) is 5.69 Å². The first kappa shape index (κ1) is 14.8. The average molecular weight is 299 g/mol. The van der Waals surface area contributed by atoms with Crippen molar-refractivity contribution >= 4 is 21.9 Å². The fourth-order valence-electron chi connectivity index (χ4n) is 2.10. The minimum Gasteiger partial charge on any atom is -0.480 e. The Kier molecular flexibility index (Phi) is 4.26. The third-order valence-corrected chi connectivity index (χ3v) is 4.72. The van der Waals surface area contributed by atoms with E-state index in [1.165, 1.54) is 4.31 Å². The van der Waals surface area contributed by atoms with E-state index in [4.69, 9.17) is 10.8 Å². The second kappa shape index (κ2) is 5.78. The zero-order valence-corrected chi connectivity index (χ0v) is 11.6. The van der Waals surface area contributed by atoms with Crippen LogP contribution in [0.25, 0.3) is 0 Å². The van der Waals surface area contributed by atoms with Gasteiger partial charge in [-0.3, -0.25) is 9.10 Å². The van der Waals surface area contributed by atoms with Crippen molar-refractivity contribution < 1.29 is 18.3 Å². The standard InChI is InChI=1S/C12H17N3O4S/c13-10(12(16)17)5-7-14-20(18,19)15-8-6-9-3-1-2-4-11(9)15/h1-4,10,14H,5-8,13H2,(H,16,17). The van der Waals surface area contributed by atoms with Crippen molar-refractivity contribution in [3.63, 3.8) is 0 Å². The molecule has 0 amide bonds. The topological polar surface area (TPSA) is 113 Å². The van der Waals surface area contributed by atoms with Crippen molar-refractivity contribution in [2.75, 3.05) is 17.4 Å². The average Bonchev–Trinajstić information content (AvgIpc) is 2.82. The minimum absolute atomic E-state index is 0.00549. The number of nitrogens with two attached hydrogens (primary N) is 1. The smallest absolute Gasteiger partial charge is 0.320 e. The largest absolute Gasteiger partial charge is 0.480 e. The number of rotatable bonds is 6. The third kappa shape index (κ3) is 3.09. The number of anilines is 1. The van der Waals surface area contributed by atoms with Crippen LogP contribution < -0.4 is 14.8 Å². The van der Waals surface area contributed by atoms with Crippen LogP contribution in [-0.4, -0.2) is 38.6 Å². The van der Waals surface area contributed by atoms with Gasteiger partial charge in [0, 0.05) is 13.1 Å². The number of nitrogens with one attached hydrogen (secondary N) is 1. The summed E-state index contributed by atoms with van der Waals surface area (Å²) in [5.74, 6) is -1.14. The van der Waals surface area contributed by atoms with E-state index in [9.17, 15) is 13.2 Å². The maximum Gasteiger partial charge on any atom is 0.320 e. The van der Waals surface area contributed by atoms with Crippen molar-refractivity contribution in [2.45, 2.75) is 18.9 Å². The van der Waals surface area contributed by atoms with Gasteiger partial charge in [0.15, 0.2) is 0 Å². The zero-order valence-electron chi connectivity index (χ0n) is 10.8. The molecule has 1 atom stereocenters. The first-order chi connectivity index (χ1) is 9.42. The molecule has 20 heavy (non-hydrogen) atoms. The number of carboxylic acids is 1. The number of carboxylic acid groups (broad SMARTS) is 1. The summed E-state index contributed by atoms with van der Waals surface area (Å²) >= 11 is 0. The van der Waals surface area contributed by atoms with Gasteiger partial charge in [-0.05, 0) is 24.5 Å². The lowest BCUT2D eigenvalue weighted by Crippen LogP contribution is -2.42. The summed E-state index contributed by atoms with van der Waals surface area (Å²) in [5, 5.41) is 8.64. The molecule has 0 bridgehead atoms. The Labute approximate surface area is 117 Å². The Morgan fingerprint density at radius 1 is 1.45 bits per heavy atom. The van der Waals surface area contributed by atoms with Crippen LogP contribution in [-0.2, 0) is 21.4 Å². The molecule has 0 saturated heterocycles. The van der Waals surface area contributed by atoms with Gasteiger partial charge >= 0.3 is 16.2 Å². The van der Waals surface area contributed by atoms with Gasteiger partial charge in [0.1, 0.15) is 6.04 Å². The number of benzene rings is 1. The first-order valence-corrected chi connectivity index (χ1v) is 7.69. The Balaban J connectivity index is 2.00. The van der Waals surface area contributed by atoms with Gasteiger partial charge in [-0.25, -0.2) is 0 Å². The van der Waals surface area contributed by atoms with Crippen LogP contribution in [0.3, 0.4) is 0 Å². The molecule has 1 unspecified atom stereocenters. The van der Waals surface area contributed by atoms with Crippen molar-refractivity contribution in [1.29, 1.82) is 0 Å². The Hall–Kier alpha value is -1.64. The van der Waals surface area contributed by atoms with Gasteiger partial charge in [-0.15, -0.1) is 0 Å². The Morgan fingerprint density at radius 2 is 2.15 bits per heavy atom. The van der Waals surface area contributed by atoms with Gasteiger partial charge in [0.2, 0.25) is 0 Å². The number of aliphatic carboxylic acids is 1. The molecule has 0 radical (unpaired) electrons. The van der Waals surface area contributed by atoms with E-state index in [2.05, 4.69) is 4.72 Å². The van der Waals surface area contributed by atoms with Crippen molar-refractivity contribution in [1.82, 2.24) is 4.72 Å². The zero-order chi connectivity index (χ0) is 14.8. The molecular formula is C12H17N3O4S. The van der Waals surface area contributed by atoms with E-state index < -0.39 is 22.2 Å². The molecule has 0 aliphatic carbocycles. The van der Waals surface area contributed by atoms with Crippen molar-refractivity contribution in [2.24, 2.45) is 5.73 Å². The molecule has 4 N–H and O–H groups in total. The molecule has 1 aromatic carbocycles. The number of hydrogen-bond acceptors (Lipinski definition) is 4. The maximum atomic E-state index is 12.2. The van der Waals surface area contributed by atoms with Crippen molar-refractivity contribution in [3.05, 3.63) is 29.8 Å². The van der Waals surface area contributed by atoms with Crippen molar-refractivity contribution in [3.8, 4) is 0 Å². The molecule has 110 valence electrons. The van der Waals surface area contributed by atoms with Crippen LogP contribution in [0, 0.1) is 0 Å². The molecule has 7 nitrogen and oxygen atoms in total. The second-order valence-electron chi connectivity index (χ2n) is 4.58. The SMILES string of the molecule is NC(CCNS(=O)(=O)N1CCc2ccccc21)C(=O)O. The molecule has 1 aliphatic heterocycles. The number of carbonyl (C=O) groups is 1. The second-order valence-corrected chi connectivity index (χ2v) is 6.26. The lowest BCUT2D eigenvalue weighted by Gasteiger charge is -2.20. The molecule has 0 fully saturated rings. The normalized spacial score (nSPS) is 15.9. The van der Waals surface area contributed by atoms with E-state index in [-0.39, 0.29) is 13.0 Å². The molecular weight excluding hydrogens is 282 g/mol. The number of para-hydroxylation sites is 1. The van der Waals surface area contributed by atoms with E-state index in [0.29, 0.717) is 18.7 Å². The highest BCUT2D eigenvalue weighted by Crippen LogP contribution is 2.29. The number of hydrogen-bond donors (Lipinski definition) is 3. The molecule has 8 heteroatoms. The first-order valence-electron chi connectivity index (χ1n) is 6.25. The highest BCUT2D eigenvalue weighted by atomic mass is 32.2. The number of fused-ring (bicyclic) bond motifs is 1. The predicted molar refractivity (Wildman–Crippen MR) is 74.6 cm³/mol. The molecule has 0 saturated carbocycles. The highest BCUT2D eigenvalue weighted by molar-refractivity contribution is 7.90. The van der Waals surface area contributed by atoms with Gasteiger partial charge in [0.05, 0.1) is 5.69 Å². The fourth-order valence-corrected chi connectivity index (χ4v) is 3.40. The van der Waals surface area contributed by atoms with E-state index in [1.54, 1.807) is 12.1 Å². The molecule has 1 heterocycles. The lowest BCUT2D eigenvalue weighted by atomic mass is 10.2. The quantitative estimate of drug-likeness (QED) is 0.666. The predicted octanol–water partition coefficient (Wildman–Crippen LogP) is -0.314. The lowest BCUT2D eigenvalue weighted by molar-refractivity contribution is -0.138. The minimum atomic E-state index is -3.66. The van der Waals surface area contributed by atoms with Crippen LogP contribution in [0.1, 0.15) is 12.0 Å². The highest BCUT2D eigenvalue weighted by Gasteiger charge is 2.28. The third-order valence-electron chi connectivity index (χ3n) is 3.19. The van der Waals surface area contributed by atoms with Crippen LogP contribution >= 0.6 is 0 Å². The molecule has 2 rings (SSSR count). The molecule has 0 aromatic heterocycles. The van der Waals surface area contributed by atoms with Crippen LogP contribution in [0.5, 0.6) is 0 Å². The summed E-state index contributed by atoms with van der Waals surface area (Å²) < 4.78 is 28.0.